The van der Waals surface area contributed by atoms with Gasteiger partial charge < -0.3 is 23.7 Å². The molecule has 0 bridgehead atoms. The highest BCUT2D eigenvalue weighted by atomic mass is 19.4. The van der Waals surface area contributed by atoms with Gasteiger partial charge in [0.05, 0.1) is 19.2 Å². The van der Waals surface area contributed by atoms with Gasteiger partial charge in [-0.05, 0) is 30.2 Å². The lowest BCUT2D eigenvalue weighted by Gasteiger charge is -2.14. The van der Waals surface area contributed by atoms with Gasteiger partial charge in [-0.15, -0.1) is 0 Å². The first-order chi connectivity index (χ1) is 14.6. The van der Waals surface area contributed by atoms with E-state index in [1.807, 2.05) is 6.92 Å². The number of carboxylic acid groups (broad SMARTS) is 1. The lowest BCUT2D eigenvalue weighted by Crippen LogP contribution is -2.25. The van der Waals surface area contributed by atoms with Crippen LogP contribution in [0.25, 0.3) is 10.9 Å². The molecule has 0 amide bonds. The second-order valence-corrected chi connectivity index (χ2v) is 6.94. The van der Waals surface area contributed by atoms with E-state index in [9.17, 15) is 27.9 Å². The number of carboxylic acids is 1. The van der Waals surface area contributed by atoms with Crippen LogP contribution in [0.2, 0.25) is 0 Å². The predicted octanol–water partition coefficient (Wildman–Crippen LogP) is 3.60. The Morgan fingerprint density at radius 2 is 1.94 bits per heavy atom. The van der Waals surface area contributed by atoms with Gasteiger partial charge in [0.2, 0.25) is 0 Å². The number of aromatic carboxylic acids is 1. The maximum Gasteiger partial charge on any atom is 0.422 e. The first kappa shape index (κ1) is 22.3. The molecular weight excluding hydrogens is 417 g/mol. The smallest absolute Gasteiger partial charge is 0.422 e. The fourth-order valence-electron chi connectivity index (χ4n) is 3.51. The van der Waals surface area contributed by atoms with Crippen molar-refractivity contribution in [3.8, 4) is 11.5 Å². The Hall–Kier alpha value is -3.43. The average molecular weight is 438 g/mol. The Balaban J connectivity index is 2.25. The average Bonchev–Trinajstić information content (AvgIpc) is 3.00. The van der Waals surface area contributed by atoms with Crippen molar-refractivity contribution in [1.29, 1.82) is 0 Å². The Bertz CT molecular complexity index is 1190. The molecule has 166 valence electrons. The van der Waals surface area contributed by atoms with Gasteiger partial charge >= 0.3 is 12.1 Å². The van der Waals surface area contributed by atoms with Gasteiger partial charge in [-0.1, -0.05) is 19.1 Å². The van der Waals surface area contributed by atoms with E-state index in [0.717, 1.165) is 5.56 Å². The van der Waals surface area contributed by atoms with Crippen LogP contribution < -0.4 is 15.0 Å². The minimum absolute atomic E-state index is 0.130. The lowest BCUT2D eigenvalue weighted by atomic mass is 10.1. The highest BCUT2D eigenvalue weighted by Gasteiger charge is 2.32. The van der Waals surface area contributed by atoms with E-state index in [2.05, 4.69) is 0 Å². The number of alkyl halides is 3. The number of methoxy groups -OCH3 is 1. The fraction of sp³-hybridized carbons (Fsp3) is 0.333. The molecule has 2 aromatic heterocycles. The second-order valence-electron chi connectivity index (χ2n) is 6.94. The number of fused-ring (bicyclic) bond motifs is 1. The number of aryl methyl sites for hydroxylation is 2. The fourth-order valence-corrected chi connectivity index (χ4v) is 3.51. The topological polar surface area (TPSA) is 82.7 Å². The summed E-state index contributed by atoms with van der Waals surface area (Å²) >= 11 is 0. The molecule has 10 heteroatoms. The van der Waals surface area contributed by atoms with Crippen LogP contribution in [-0.2, 0) is 20.0 Å². The van der Waals surface area contributed by atoms with Crippen molar-refractivity contribution in [2.24, 2.45) is 7.05 Å². The van der Waals surface area contributed by atoms with Gasteiger partial charge in [0.25, 0.3) is 5.56 Å². The highest BCUT2D eigenvalue weighted by Crippen LogP contribution is 2.32. The number of hydrogen-bond acceptors (Lipinski definition) is 4. The number of hydrogen-bond donors (Lipinski definition) is 1. The minimum Gasteiger partial charge on any atom is -0.497 e. The number of halogens is 3. The van der Waals surface area contributed by atoms with Gasteiger partial charge in [0.15, 0.2) is 18.1 Å². The molecule has 1 N–H and O–H groups in total. The number of ether oxygens (including phenoxy) is 2. The summed E-state index contributed by atoms with van der Waals surface area (Å²) < 4.78 is 50.9. The van der Waals surface area contributed by atoms with Crippen molar-refractivity contribution in [2.45, 2.75) is 26.1 Å². The molecule has 1 aromatic carbocycles. The van der Waals surface area contributed by atoms with Gasteiger partial charge in [-0.2, -0.15) is 13.2 Å². The number of carbonyl (C=O) groups is 1. The normalized spacial score (nSPS) is 11.7. The van der Waals surface area contributed by atoms with Gasteiger partial charge in [-0.25, -0.2) is 4.79 Å². The van der Waals surface area contributed by atoms with Crippen LogP contribution in [0, 0.1) is 0 Å². The lowest BCUT2D eigenvalue weighted by molar-refractivity contribution is -0.153. The second kappa shape index (κ2) is 8.37. The van der Waals surface area contributed by atoms with E-state index >= 15 is 0 Å². The number of benzene rings is 1. The van der Waals surface area contributed by atoms with E-state index in [-0.39, 0.29) is 17.4 Å². The van der Waals surface area contributed by atoms with Crippen LogP contribution in [0.5, 0.6) is 11.5 Å². The molecule has 0 atom stereocenters. The van der Waals surface area contributed by atoms with Crippen LogP contribution in [0.3, 0.4) is 0 Å². The third-order valence-electron chi connectivity index (χ3n) is 4.92. The van der Waals surface area contributed by atoms with E-state index in [0.29, 0.717) is 17.9 Å². The highest BCUT2D eigenvalue weighted by molar-refractivity contribution is 6.00. The Morgan fingerprint density at radius 3 is 2.52 bits per heavy atom. The molecule has 0 aliphatic carbocycles. The third kappa shape index (κ3) is 4.37. The number of pyridine rings is 1. The van der Waals surface area contributed by atoms with E-state index < -0.39 is 35.8 Å². The van der Waals surface area contributed by atoms with Crippen LogP contribution in [0.15, 0.2) is 35.1 Å². The van der Waals surface area contributed by atoms with Crippen LogP contribution in [0.1, 0.15) is 28.7 Å². The standard InChI is InChI=1S/C21H21F3N2O5/c1-4-13-9-15-16(18(31-11-21(22,23)24)17(20(28)29)25(15)2)19(27)26(13)10-12-6-5-7-14(8-12)30-3/h5-9H,4,10-11H2,1-3H3,(H,28,29). The predicted molar refractivity (Wildman–Crippen MR) is 107 cm³/mol. The molecule has 3 rings (SSSR count). The molecule has 0 radical (unpaired) electrons. The molecule has 0 unspecified atom stereocenters. The maximum atomic E-state index is 13.4. The summed E-state index contributed by atoms with van der Waals surface area (Å²) in [4.78, 5) is 25.1. The van der Waals surface area contributed by atoms with E-state index in [1.54, 1.807) is 30.3 Å². The molecule has 0 fully saturated rings. The van der Waals surface area contributed by atoms with Crippen molar-refractivity contribution in [2.75, 3.05) is 13.7 Å². The monoisotopic (exact) mass is 438 g/mol. The third-order valence-corrected chi connectivity index (χ3v) is 4.92. The Kier molecular flexibility index (Phi) is 6.01. The van der Waals surface area contributed by atoms with Gasteiger partial charge in [-0.3, -0.25) is 4.79 Å². The van der Waals surface area contributed by atoms with Crippen LogP contribution in [-0.4, -0.2) is 40.1 Å². The summed E-state index contributed by atoms with van der Waals surface area (Å²) in [5, 5.41) is 9.35. The molecule has 31 heavy (non-hydrogen) atoms. The number of aromatic nitrogens is 2. The van der Waals surface area contributed by atoms with Crippen molar-refractivity contribution < 1.29 is 32.5 Å². The van der Waals surface area contributed by atoms with Crippen molar-refractivity contribution in [3.05, 3.63) is 57.6 Å². The molecule has 3 aromatic rings. The minimum atomic E-state index is -4.69. The maximum absolute atomic E-state index is 13.4. The number of rotatable bonds is 7. The summed E-state index contributed by atoms with van der Waals surface area (Å²) in [6.45, 7) is 0.243. The van der Waals surface area contributed by atoms with Crippen molar-refractivity contribution in [3.63, 3.8) is 0 Å². The molecule has 0 saturated carbocycles. The van der Waals surface area contributed by atoms with Gasteiger partial charge in [0.1, 0.15) is 11.1 Å². The van der Waals surface area contributed by atoms with Crippen LogP contribution >= 0.6 is 0 Å². The van der Waals surface area contributed by atoms with Crippen LogP contribution in [0.4, 0.5) is 13.2 Å². The van der Waals surface area contributed by atoms with Crippen molar-refractivity contribution >= 4 is 16.9 Å². The molecule has 0 aliphatic rings. The van der Waals surface area contributed by atoms with Gasteiger partial charge in [0, 0.05) is 12.7 Å². The SMILES string of the molecule is CCc1cc2c(c(OCC(F)(F)F)c(C(=O)O)n2C)c(=O)n1Cc1cccc(OC)c1. The van der Waals surface area contributed by atoms with Crippen molar-refractivity contribution in [1.82, 2.24) is 9.13 Å². The summed E-state index contributed by atoms with van der Waals surface area (Å²) in [6.07, 6.45) is -4.25. The molecule has 0 aliphatic heterocycles. The molecular formula is C21H21F3N2O5. The largest absolute Gasteiger partial charge is 0.497 e. The molecule has 0 saturated heterocycles. The molecule has 2 heterocycles. The molecule has 0 spiro atoms. The Morgan fingerprint density at radius 1 is 1.23 bits per heavy atom. The number of nitrogens with zero attached hydrogens (tertiary/aromatic N) is 2. The zero-order valence-electron chi connectivity index (χ0n) is 17.1. The van der Waals surface area contributed by atoms with E-state index in [4.69, 9.17) is 9.47 Å². The molecule has 7 nitrogen and oxygen atoms in total. The summed E-state index contributed by atoms with van der Waals surface area (Å²) in [7, 11) is 2.88. The zero-order valence-corrected chi connectivity index (χ0v) is 17.1. The quantitative estimate of drug-likeness (QED) is 0.610. The first-order valence-corrected chi connectivity index (χ1v) is 9.38. The first-order valence-electron chi connectivity index (χ1n) is 9.38. The summed E-state index contributed by atoms with van der Waals surface area (Å²) in [5.74, 6) is -1.49. The zero-order chi connectivity index (χ0) is 22.9. The summed E-state index contributed by atoms with van der Waals surface area (Å²) in [6, 6.07) is 8.63. The summed E-state index contributed by atoms with van der Waals surface area (Å²) in [5.41, 5.74) is 0.385. The Labute approximate surface area is 175 Å². The van der Waals surface area contributed by atoms with E-state index in [1.165, 1.54) is 23.3 Å².